The van der Waals surface area contributed by atoms with Crippen molar-refractivity contribution in [3.05, 3.63) is 46.5 Å². The van der Waals surface area contributed by atoms with Crippen molar-refractivity contribution in [3.63, 3.8) is 0 Å². The summed E-state index contributed by atoms with van der Waals surface area (Å²) in [5.74, 6) is 1.24. The minimum Gasteiger partial charge on any atom is -0.493 e. The molecule has 0 bridgehead atoms. The molecule has 1 aromatic heterocycles. The van der Waals surface area contributed by atoms with Crippen molar-refractivity contribution in [2.45, 2.75) is 19.3 Å². The number of rotatable bonds is 2. The Hall–Kier alpha value is -2.10. The standard InChI is InChI=1S/C14H14N2O2/c1-8-7-10(8)12-15-13(17)11(14(18)16-12)9-5-3-2-4-6-9/h2-6,8,10H,7H2,1H3,(H2,15,16,17,18). The van der Waals surface area contributed by atoms with Gasteiger partial charge in [0.25, 0.3) is 5.56 Å². The molecule has 1 fully saturated rings. The van der Waals surface area contributed by atoms with Gasteiger partial charge in [0.1, 0.15) is 11.4 Å². The molecule has 92 valence electrons. The van der Waals surface area contributed by atoms with E-state index in [9.17, 15) is 9.90 Å². The van der Waals surface area contributed by atoms with Gasteiger partial charge in [-0.25, -0.2) is 0 Å². The van der Waals surface area contributed by atoms with Crippen LogP contribution in [0.15, 0.2) is 35.1 Å². The monoisotopic (exact) mass is 242 g/mol. The molecule has 1 aliphatic rings. The smallest absolute Gasteiger partial charge is 0.262 e. The fourth-order valence-electron chi connectivity index (χ4n) is 2.22. The summed E-state index contributed by atoms with van der Waals surface area (Å²) in [5, 5.41) is 9.96. The second-order valence-corrected chi connectivity index (χ2v) is 4.84. The number of aromatic hydroxyl groups is 1. The largest absolute Gasteiger partial charge is 0.493 e. The highest BCUT2D eigenvalue weighted by molar-refractivity contribution is 5.67. The van der Waals surface area contributed by atoms with E-state index in [4.69, 9.17) is 0 Å². The van der Waals surface area contributed by atoms with Crippen molar-refractivity contribution in [2.24, 2.45) is 5.92 Å². The Kier molecular flexibility index (Phi) is 2.44. The average Bonchev–Trinajstić information content (AvgIpc) is 3.07. The van der Waals surface area contributed by atoms with Gasteiger partial charge in [-0.05, 0) is 17.9 Å². The van der Waals surface area contributed by atoms with Crippen LogP contribution in [0, 0.1) is 5.92 Å². The van der Waals surface area contributed by atoms with E-state index in [0.717, 1.165) is 6.42 Å². The SMILES string of the molecule is CC1CC1c1nc(O)c(-c2ccccc2)c(=O)[nH]1. The summed E-state index contributed by atoms with van der Waals surface area (Å²) in [5.41, 5.74) is 0.648. The number of H-pyrrole nitrogens is 1. The number of hydrogen-bond acceptors (Lipinski definition) is 3. The number of benzene rings is 1. The first-order chi connectivity index (χ1) is 8.66. The van der Waals surface area contributed by atoms with Crippen LogP contribution in [0.25, 0.3) is 11.1 Å². The maximum Gasteiger partial charge on any atom is 0.262 e. The van der Waals surface area contributed by atoms with Gasteiger partial charge in [-0.2, -0.15) is 4.98 Å². The Bertz CT molecular complexity index is 634. The number of nitrogens with zero attached hydrogens (tertiary/aromatic N) is 1. The van der Waals surface area contributed by atoms with E-state index >= 15 is 0 Å². The van der Waals surface area contributed by atoms with Gasteiger partial charge in [0.05, 0.1) is 0 Å². The summed E-state index contributed by atoms with van der Waals surface area (Å²) in [6.07, 6.45) is 1.02. The second kappa shape index (κ2) is 3.98. The minimum absolute atomic E-state index is 0.181. The van der Waals surface area contributed by atoms with Crippen molar-refractivity contribution < 1.29 is 5.11 Å². The zero-order chi connectivity index (χ0) is 12.7. The van der Waals surface area contributed by atoms with Crippen molar-refractivity contribution in [1.82, 2.24) is 9.97 Å². The minimum atomic E-state index is -0.275. The fourth-order valence-corrected chi connectivity index (χ4v) is 2.22. The normalized spacial score (nSPS) is 21.8. The predicted octanol–water partition coefficient (Wildman–Crippen LogP) is 2.27. The van der Waals surface area contributed by atoms with E-state index in [1.165, 1.54) is 0 Å². The summed E-state index contributed by atoms with van der Waals surface area (Å²) in [4.78, 5) is 18.9. The molecule has 4 heteroatoms. The van der Waals surface area contributed by atoms with Gasteiger partial charge in [-0.15, -0.1) is 0 Å². The summed E-state index contributed by atoms with van der Waals surface area (Å²) in [6, 6.07) is 9.08. The van der Waals surface area contributed by atoms with E-state index in [0.29, 0.717) is 17.3 Å². The predicted molar refractivity (Wildman–Crippen MR) is 68.5 cm³/mol. The summed E-state index contributed by atoms with van der Waals surface area (Å²) >= 11 is 0. The van der Waals surface area contributed by atoms with Crippen LogP contribution < -0.4 is 5.56 Å². The van der Waals surface area contributed by atoms with Gasteiger partial charge in [0.2, 0.25) is 5.88 Å². The lowest BCUT2D eigenvalue weighted by atomic mass is 10.1. The quantitative estimate of drug-likeness (QED) is 0.849. The van der Waals surface area contributed by atoms with Crippen LogP contribution in [-0.4, -0.2) is 15.1 Å². The lowest BCUT2D eigenvalue weighted by Crippen LogP contribution is -2.13. The van der Waals surface area contributed by atoms with Crippen LogP contribution in [-0.2, 0) is 0 Å². The fraction of sp³-hybridized carbons (Fsp3) is 0.286. The molecule has 0 radical (unpaired) electrons. The van der Waals surface area contributed by atoms with Crippen LogP contribution in [0.4, 0.5) is 0 Å². The molecule has 1 heterocycles. The molecular formula is C14H14N2O2. The van der Waals surface area contributed by atoms with Crippen molar-refractivity contribution in [1.29, 1.82) is 0 Å². The first-order valence-corrected chi connectivity index (χ1v) is 6.05. The lowest BCUT2D eigenvalue weighted by molar-refractivity contribution is 0.449. The van der Waals surface area contributed by atoms with Crippen LogP contribution in [0.5, 0.6) is 5.88 Å². The number of aromatic amines is 1. The Morgan fingerprint density at radius 3 is 2.56 bits per heavy atom. The third-order valence-corrected chi connectivity index (χ3v) is 3.44. The lowest BCUT2D eigenvalue weighted by Gasteiger charge is -2.05. The Morgan fingerprint density at radius 1 is 1.33 bits per heavy atom. The molecule has 2 atom stereocenters. The molecule has 2 aromatic rings. The Balaban J connectivity index is 2.09. The van der Waals surface area contributed by atoms with E-state index in [1.54, 1.807) is 12.1 Å². The van der Waals surface area contributed by atoms with E-state index in [2.05, 4.69) is 16.9 Å². The van der Waals surface area contributed by atoms with Gasteiger partial charge < -0.3 is 10.1 Å². The molecule has 4 nitrogen and oxygen atoms in total. The molecule has 1 saturated carbocycles. The summed E-state index contributed by atoms with van der Waals surface area (Å²) in [6.45, 7) is 2.10. The molecule has 1 aromatic carbocycles. The third kappa shape index (κ3) is 1.79. The van der Waals surface area contributed by atoms with Crippen LogP contribution in [0.3, 0.4) is 0 Å². The number of nitrogens with one attached hydrogen (secondary N) is 1. The number of hydrogen-bond donors (Lipinski definition) is 2. The summed E-state index contributed by atoms with van der Waals surface area (Å²) in [7, 11) is 0. The molecule has 2 N–H and O–H groups in total. The van der Waals surface area contributed by atoms with E-state index in [-0.39, 0.29) is 22.9 Å². The van der Waals surface area contributed by atoms with Crippen molar-refractivity contribution in [3.8, 4) is 17.0 Å². The zero-order valence-corrected chi connectivity index (χ0v) is 10.1. The zero-order valence-electron chi connectivity index (χ0n) is 10.1. The molecule has 0 aliphatic heterocycles. The molecule has 0 saturated heterocycles. The van der Waals surface area contributed by atoms with Crippen LogP contribution >= 0.6 is 0 Å². The van der Waals surface area contributed by atoms with Crippen LogP contribution in [0.1, 0.15) is 25.1 Å². The van der Waals surface area contributed by atoms with Gasteiger partial charge >= 0.3 is 0 Å². The second-order valence-electron chi connectivity index (χ2n) is 4.84. The maximum absolute atomic E-state index is 12.0. The molecule has 18 heavy (non-hydrogen) atoms. The average molecular weight is 242 g/mol. The Morgan fingerprint density at radius 2 is 2.00 bits per heavy atom. The maximum atomic E-state index is 12.0. The van der Waals surface area contributed by atoms with Gasteiger partial charge in [-0.3, -0.25) is 4.79 Å². The van der Waals surface area contributed by atoms with Gasteiger partial charge in [0.15, 0.2) is 0 Å². The molecule has 1 aliphatic carbocycles. The van der Waals surface area contributed by atoms with E-state index < -0.39 is 0 Å². The third-order valence-electron chi connectivity index (χ3n) is 3.44. The van der Waals surface area contributed by atoms with Crippen molar-refractivity contribution in [2.75, 3.05) is 0 Å². The highest BCUT2D eigenvalue weighted by atomic mass is 16.3. The highest BCUT2D eigenvalue weighted by Gasteiger charge is 2.36. The first-order valence-electron chi connectivity index (χ1n) is 6.05. The molecule has 3 rings (SSSR count). The summed E-state index contributed by atoms with van der Waals surface area (Å²) < 4.78 is 0. The Labute approximate surface area is 104 Å². The van der Waals surface area contributed by atoms with Gasteiger partial charge in [-0.1, -0.05) is 37.3 Å². The molecular weight excluding hydrogens is 228 g/mol. The van der Waals surface area contributed by atoms with Crippen LogP contribution in [0.2, 0.25) is 0 Å². The molecule has 0 spiro atoms. The van der Waals surface area contributed by atoms with Crippen molar-refractivity contribution >= 4 is 0 Å². The highest BCUT2D eigenvalue weighted by Crippen LogP contribution is 2.45. The molecule has 0 amide bonds. The molecule has 2 unspecified atom stereocenters. The topological polar surface area (TPSA) is 66.0 Å². The first kappa shape index (κ1) is 11.0. The van der Waals surface area contributed by atoms with Gasteiger partial charge in [0, 0.05) is 5.92 Å². The number of aromatic nitrogens is 2. The van der Waals surface area contributed by atoms with E-state index in [1.807, 2.05) is 18.2 Å².